The van der Waals surface area contributed by atoms with Crippen LogP contribution < -0.4 is 14.8 Å². The number of hydrogen-bond donors (Lipinski definition) is 1. The Morgan fingerprint density at radius 3 is 2.69 bits per heavy atom. The van der Waals surface area contributed by atoms with Gasteiger partial charge in [0.15, 0.2) is 0 Å². The van der Waals surface area contributed by atoms with Crippen molar-refractivity contribution < 1.29 is 23.0 Å². The number of carbonyl (C=O) groups is 1. The minimum Gasteiger partial charge on any atom is -0.497 e. The van der Waals surface area contributed by atoms with Crippen molar-refractivity contribution in [2.75, 3.05) is 12.4 Å². The van der Waals surface area contributed by atoms with Gasteiger partial charge in [0.2, 0.25) is 0 Å². The van der Waals surface area contributed by atoms with E-state index >= 15 is 0 Å². The maximum atomic E-state index is 13.6. The Morgan fingerprint density at radius 1 is 1.12 bits per heavy atom. The zero-order chi connectivity index (χ0) is 18.5. The molecule has 0 aliphatic heterocycles. The number of rotatable bonds is 6. The van der Waals surface area contributed by atoms with Gasteiger partial charge in [0.05, 0.1) is 17.7 Å². The summed E-state index contributed by atoms with van der Waals surface area (Å²) in [6, 6.07) is 11.9. The SMILES string of the molecule is COc1cccc(OCc2csc(C(=O)Nc3ccc(F)cc3F)c2)c1. The Kier molecular flexibility index (Phi) is 5.48. The molecule has 0 unspecified atom stereocenters. The maximum Gasteiger partial charge on any atom is 0.265 e. The first-order chi connectivity index (χ1) is 12.5. The van der Waals surface area contributed by atoms with Crippen molar-refractivity contribution in [1.82, 2.24) is 0 Å². The van der Waals surface area contributed by atoms with Gasteiger partial charge in [-0.15, -0.1) is 11.3 Å². The lowest BCUT2D eigenvalue weighted by molar-refractivity contribution is 0.103. The molecule has 134 valence electrons. The van der Waals surface area contributed by atoms with Crippen LogP contribution in [0.5, 0.6) is 11.5 Å². The van der Waals surface area contributed by atoms with E-state index in [0.29, 0.717) is 16.4 Å². The van der Waals surface area contributed by atoms with Crippen LogP contribution >= 0.6 is 11.3 Å². The van der Waals surface area contributed by atoms with Crippen molar-refractivity contribution >= 4 is 22.9 Å². The van der Waals surface area contributed by atoms with Gasteiger partial charge in [0, 0.05) is 17.7 Å². The van der Waals surface area contributed by atoms with E-state index in [0.717, 1.165) is 17.7 Å². The number of benzene rings is 2. The highest BCUT2D eigenvalue weighted by molar-refractivity contribution is 7.12. The van der Waals surface area contributed by atoms with Crippen molar-refractivity contribution in [2.45, 2.75) is 6.61 Å². The molecule has 0 aliphatic carbocycles. The van der Waals surface area contributed by atoms with Gasteiger partial charge in [-0.2, -0.15) is 0 Å². The van der Waals surface area contributed by atoms with Crippen LogP contribution in [0.4, 0.5) is 14.5 Å². The van der Waals surface area contributed by atoms with Crippen LogP contribution in [0.1, 0.15) is 15.2 Å². The molecule has 0 radical (unpaired) electrons. The summed E-state index contributed by atoms with van der Waals surface area (Å²) in [6.07, 6.45) is 0. The number of anilines is 1. The van der Waals surface area contributed by atoms with E-state index in [1.807, 2.05) is 12.1 Å². The van der Waals surface area contributed by atoms with Crippen LogP contribution in [0, 0.1) is 11.6 Å². The van der Waals surface area contributed by atoms with Crippen molar-refractivity contribution in [2.24, 2.45) is 0 Å². The summed E-state index contributed by atoms with van der Waals surface area (Å²) in [5, 5.41) is 4.22. The molecule has 1 N–H and O–H groups in total. The number of halogens is 2. The summed E-state index contributed by atoms with van der Waals surface area (Å²) in [7, 11) is 1.58. The van der Waals surface area contributed by atoms with Gasteiger partial charge < -0.3 is 14.8 Å². The smallest absolute Gasteiger partial charge is 0.265 e. The molecular formula is C19H15F2NO3S. The minimum absolute atomic E-state index is 0.0704. The Bertz CT molecular complexity index is 927. The predicted octanol–water partition coefficient (Wildman–Crippen LogP) is 4.87. The molecular weight excluding hydrogens is 360 g/mol. The predicted molar refractivity (Wildman–Crippen MR) is 96.0 cm³/mol. The van der Waals surface area contributed by atoms with Crippen molar-refractivity contribution in [3.05, 3.63) is 76.0 Å². The highest BCUT2D eigenvalue weighted by Crippen LogP contribution is 2.23. The minimum atomic E-state index is -0.823. The van der Waals surface area contributed by atoms with Gasteiger partial charge in [0.25, 0.3) is 5.91 Å². The first-order valence-corrected chi connectivity index (χ1v) is 8.54. The number of nitrogens with one attached hydrogen (secondary N) is 1. The highest BCUT2D eigenvalue weighted by Gasteiger charge is 2.13. The molecule has 0 bridgehead atoms. The fraction of sp³-hybridized carbons (Fsp3) is 0.105. The molecule has 2 aromatic carbocycles. The molecule has 1 amide bonds. The number of thiophene rings is 1. The van der Waals surface area contributed by atoms with Gasteiger partial charge in [0.1, 0.15) is 29.7 Å². The van der Waals surface area contributed by atoms with Gasteiger partial charge >= 0.3 is 0 Å². The Labute approximate surface area is 153 Å². The number of ether oxygens (including phenoxy) is 2. The molecule has 0 saturated carbocycles. The largest absolute Gasteiger partial charge is 0.497 e. The average Bonchev–Trinajstić information content (AvgIpc) is 3.11. The molecule has 1 heterocycles. The van der Waals surface area contributed by atoms with Gasteiger partial charge in [-0.25, -0.2) is 8.78 Å². The van der Waals surface area contributed by atoms with Gasteiger partial charge in [-0.05, 0) is 35.7 Å². The Balaban J connectivity index is 1.62. The first-order valence-electron chi connectivity index (χ1n) is 7.66. The lowest BCUT2D eigenvalue weighted by Crippen LogP contribution is -2.11. The van der Waals surface area contributed by atoms with Crippen LogP contribution in [-0.2, 0) is 6.61 Å². The summed E-state index contributed by atoms with van der Waals surface area (Å²) < 4.78 is 37.3. The highest BCUT2D eigenvalue weighted by atomic mass is 32.1. The lowest BCUT2D eigenvalue weighted by atomic mass is 10.2. The second-order valence-electron chi connectivity index (χ2n) is 5.37. The van der Waals surface area contributed by atoms with Crippen molar-refractivity contribution in [3.63, 3.8) is 0 Å². The molecule has 4 nitrogen and oxygen atoms in total. The van der Waals surface area contributed by atoms with Crippen LogP contribution in [0.25, 0.3) is 0 Å². The van der Waals surface area contributed by atoms with Crippen LogP contribution in [0.2, 0.25) is 0 Å². The molecule has 0 spiro atoms. The third-order valence-corrected chi connectivity index (χ3v) is 4.48. The molecule has 26 heavy (non-hydrogen) atoms. The fourth-order valence-corrected chi connectivity index (χ4v) is 2.99. The van der Waals surface area contributed by atoms with E-state index in [9.17, 15) is 13.6 Å². The molecule has 7 heteroatoms. The summed E-state index contributed by atoms with van der Waals surface area (Å²) in [4.78, 5) is 12.6. The van der Waals surface area contributed by atoms with Gasteiger partial charge in [-0.3, -0.25) is 4.79 Å². The second kappa shape index (κ2) is 7.97. The zero-order valence-corrected chi connectivity index (χ0v) is 14.6. The summed E-state index contributed by atoms with van der Waals surface area (Å²) in [5.74, 6) is -0.651. The molecule has 0 aliphatic rings. The van der Waals surface area contributed by atoms with E-state index < -0.39 is 17.5 Å². The fourth-order valence-electron chi connectivity index (χ4n) is 2.20. The number of hydrogen-bond acceptors (Lipinski definition) is 4. The van der Waals surface area contributed by atoms with E-state index in [-0.39, 0.29) is 12.3 Å². The second-order valence-corrected chi connectivity index (χ2v) is 6.28. The van der Waals surface area contributed by atoms with Gasteiger partial charge in [-0.1, -0.05) is 6.07 Å². The number of amides is 1. The molecule has 3 aromatic rings. The molecule has 0 atom stereocenters. The summed E-state index contributed by atoms with van der Waals surface area (Å²) in [6.45, 7) is 0.280. The Morgan fingerprint density at radius 2 is 1.92 bits per heavy atom. The Hall–Kier alpha value is -2.93. The van der Waals surface area contributed by atoms with Crippen LogP contribution in [-0.4, -0.2) is 13.0 Å². The average molecular weight is 375 g/mol. The molecule has 0 saturated heterocycles. The zero-order valence-electron chi connectivity index (χ0n) is 13.8. The monoisotopic (exact) mass is 375 g/mol. The first kappa shape index (κ1) is 17.9. The van der Waals surface area contributed by atoms with Crippen LogP contribution in [0.3, 0.4) is 0 Å². The summed E-state index contributed by atoms with van der Waals surface area (Å²) >= 11 is 1.22. The lowest BCUT2D eigenvalue weighted by Gasteiger charge is -2.06. The van der Waals surface area contributed by atoms with Crippen LogP contribution in [0.15, 0.2) is 53.9 Å². The number of carbonyl (C=O) groups excluding carboxylic acids is 1. The summed E-state index contributed by atoms with van der Waals surface area (Å²) in [5.41, 5.74) is 0.738. The molecule has 3 rings (SSSR count). The van der Waals surface area contributed by atoms with E-state index in [1.54, 1.807) is 30.7 Å². The number of methoxy groups -OCH3 is 1. The third-order valence-electron chi connectivity index (χ3n) is 3.50. The van der Waals surface area contributed by atoms with E-state index in [2.05, 4.69) is 5.32 Å². The standard InChI is InChI=1S/C19H15F2NO3S/c1-24-14-3-2-4-15(9-14)25-10-12-7-18(26-11-12)19(23)22-17-6-5-13(20)8-16(17)21/h2-9,11H,10H2,1H3,(H,22,23). The topological polar surface area (TPSA) is 47.6 Å². The van der Waals surface area contributed by atoms with Crippen molar-refractivity contribution in [1.29, 1.82) is 0 Å². The maximum absolute atomic E-state index is 13.6. The van der Waals surface area contributed by atoms with E-state index in [4.69, 9.17) is 9.47 Å². The molecule has 1 aromatic heterocycles. The quantitative estimate of drug-likeness (QED) is 0.669. The van der Waals surface area contributed by atoms with Crippen molar-refractivity contribution in [3.8, 4) is 11.5 Å². The third kappa shape index (κ3) is 4.37. The normalized spacial score (nSPS) is 10.4. The van der Waals surface area contributed by atoms with E-state index in [1.165, 1.54) is 17.4 Å². The molecule has 0 fully saturated rings.